The second-order valence-electron chi connectivity index (χ2n) is 4.12. The molecule has 2 nitrogen and oxygen atoms in total. The van der Waals surface area contributed by atoms with Gasteiger partial charge in [0.1, 0.15) is 0 Å². The van der Waals surface area contributed by atoms with Crippen molar-refractivity contribution in [2.45, 2.75) is 32.7 Å². The molecule has 2 unspecified atom stereocenters. The van der Waals surface area contributed by atoms with E-state index >= 15 is 0 Å². The fourth-order valence-electron chi connectivity index (χ4n) is 1.54. The Bertz CT molecular complexity index is 130. The maximum absolute atomic E-state index is 5.78. The van der Waals surface area contributed by atoms with Gasteiger partial charge in [0.2, 0.25) is 0 Å². The second-order valence-corrected chi connectivity index (χ2v) is 5.11. The molecule has 0 aromatic heterocycles. The number of hydrogen-bond donors (Lipinski definition) is 1. The van der Waals surface area contributed by atoms with Gasteiger partial charge in [-0.25, -0.2) is 0 Å². The fourth-order valence-corrected chi connectivity index (χ4v) is 2.05. The molecule has 0 heterocycles. The lowest BCUT2D eigenvalue weighted by Crippen LogP contribution is -2.40. The van der Waals surface area contributed by atoms with Crippen molar-refractivity contribution in [2.24, 2.45) is 11.7 Å². The van der Waals surface area contributed by atoms with Crippen LogP contribution in [-0.2, 0) is 0 Å². The van der Waals surface area contributed by atoms with Crippen LogP contribution in [0.15, 0.2) is 0 Å². The molecule has 0 rings (SSSR count). The topological polar surface area (TPSA) is 29.3 Å². The minimum atomic E-state index is 0.566. The Balaban J connectivity index is 3.83. The summed E-state index contributed by atoms with van der Waals surface area (Å²) in [4.78, 5) is 2.42. The molecule has 2 N–H and O–H groups in total. The van der Waals surface area contributed by atoms with Crippen LogP contribution >= 0.6 is 11.8 Å². The largest absolute Gasteiger partial charge is 0.329 e. The van der Waals surface area contributed by atoms with Crippen LogP contribution in [-0.4, -0.2) is 43.1 Å². The van der Waals surface area contributed by atoms with Crippen LogP contribution in [0, 0.1) is 5.92 Å². The lowest BCUT2D eigenvalue weighted by molar-refractivity contribution is 0.209. The zero-order chi connectivity index (χ0) is 11.0. The SMILES string of the molecule is CCC(C)CN(C)C(CN)CCSC. The van der Waals surface area contributed by atoms with E-state index in [0.29, 0.717) is 6.04 Å². The summed E-state index contributed by atoms with van der Waals surface area (Å²) in [6, 6.07) is 0.566. The van der Waals surface area contributed by atoms with Gasteiger partial charge in [0.25, 0.3) is 0 Å². The molecule has 86 valence electrons. The van der Waals surface area contributed by atoms with Gasteiger partial charge >= 0.3 is 0 Å². The molecule has 2 atom stereocenters. The maximum Gasteiger partial charge on any atom is 0.0223 e. The van der Waals surface area contributed by atoms with Gasteiger partial charge in [-0.2, -0.15) is 11.8 Å². The second kappa shape index (κ2) is 8.57. The van der Waals surface area contributed by atoms with Gasteiger partial charge in [0, 0.05) is 19.1 Å². The van der Waals surface area contributed by atoms with Crippen molar-refractivity contribution in [3.8, 4) is 0 Å². The first-order valence-corrected chi connectivity index (χ1v) is 6.94. The Kier molecular flexibility index (Phi) is 8.73. The van der Waals surface area contributed by atoms with E-state index in [1.807, 2.05) is 11.8 Å². The summed E-state index contributed by atoms with van der Waals surface area (Å²) in [7, 11) is 2.20. The molecule has 0 aliphatic heterocycles. The van der Waals surface area contributed by atoms with Crippen molar-refractivity contribution in [3.05, 3.63) is 0 Å². The van der Waals surface area contributed by atoms with Crippen LogP contribution < -0.4 is 5.73 Å². The third-order valence-electron chi connectivity index (χ3n) is 2.85. The summed E-state index contributed by atoms with van der Waals surface area (Å²) in [5.41, 5.74) is 5.78. The number of likely N-dealkylation sites (N-methyl/N-ethyl adjacent to an activating group) is 1. The van der Waals surface area contributed by atoms with Crippen LogP contribution in [0.5, 0.6) is 0 Å². The molecular formula is C11H26N2S. The summed E-state index contributed by atoms with van der Waals surface area (Å²) in [5, 5.41) is 0. The molecule has 0 bridgehead atoms. The minimum Gasteiger partial charge on any atom is -0.329 e. The van der Waals surface area contributed by atoms with Crippen molar-refractivity contribution in [1.82, 2.24) is 4.90 Å². The molecular weight excluding hydrogens is 192 g/mol. The molecule has 0 saturated heterocycles. The zero-order valence-corrected chi connectivity index (χ0v) is 10.9. The first-order valence-electron chi connectivity index (χ1n) is 5.54. The predicted octanol–water partition coefficient (Wildman–Crippen LogP) is 2.04. The molecule has 0 spiro atoms. The Morgan fingerprint density at radius 1 is 1.43 bits per heavy atom. The molecule has 14 heavy (non-hydrogen) atoms. The van der Waals surface area contributed by atoms with Gasteiger partial charge in [-0.05, 0) is 31.4 Å². The van der Waals surface area contributed by atoms with E-state index in [-0.39, 0.29) is 0 Å². The monoisotopic (exact) mass is 218 g/mol. The maximum atomic E-state index is 5.78. The normalized spacial score (nSPS) is 15.9. The van der Waals surface area contributed by atoms with Crippen molar-refractivity contribution in [3.63, 3.8) is 0 Å². The van der Waals surface area contributed by atoms with Crippen LogP contribution in [0.4, 0.5) is 0 Å². The molecule has 0 aliphatic rings. The quantitative estimate of drug-likeness (QED) is 0.676. The van der Waals surface area contributed by atoms with E-state index < -0.39 is 0 Å². The van der Waals surface area contributed by atoms with Gasteiger partial charge in [-0.15, -0.1) is 0 Å². The smallest absolute Gasteiger partial charge is 0.0223 e. The molecule has 0 radical (unpaired) electrons. The van der Waals surface area contributed by atoms with E-state index in [1.165, 1.54) is 25.1 Å². The average molecular weight is 218 g/mol. The first kappa shape index (κ1) is 14.3. The fraction of sp³-hybridized carbons (Fsp3) is 1.00. The lowest BCUT2D eigenvalue weighted by Gasteiger charge is -2.29. The standard InChI is InChI=1S/C11H26N2S/c1-5-10(2)9-13(3)11(8-12)6-7-14-4/h10-11H,5-9,12H2,1-4H3. The highest BCUT2D eigenvalue weighted by Gasteiger charge is 2.14. The number of thioether (sulfide) groups is 1. The van der Waals surface area contributed by atoms with Crippen molar-refractivity contribution in [1.29, 1.82) is 0 Å². The van der Waals surface area contributed by atoms with E-state index in [0.717, 1.165) is 12.5 Å². The minimum absolute atomic E-state index is 0.566. The van der Waals surface area contributed by atoms with E-state index in [1.54, 1.807) is 0 Å². The average Bonchev–Trinajstić information content (AvgIpc) is 2.18. The number of nitrogens with zero attached hydrogens (tertiary/aromatic N) is 1. The van der Waals surface area contributed by atoms with Gasteiger partial charge in [-0.1, -0.05) is 20.3 Å². The highest BCUT2D eigenvalue weighted by Crippen LogP contribution is 2.09. The van der Waals surface area contributed by atoms with Gasteiger partial charge < -0.3 is 10.6 Å². The molecule has 3 heteroatoms. The van der Waals surface area contributed by atoms with Crippen LogP contribution in [0.3, 0.4) is 0 Å². The van der Waals surface area contributed by atoms with Crippen molar-refractivity contribution in [2.75, 3.05) is 32.1 Å². The molecule has 0 amide bonds. The van der Waals surface area contributed by atoms with Crippen LogP contribution in [0.25, 0.3) is 0 Å². The molecule has 0 fully saturated rings. The predicted molar refractivity (Wildman–Crippen MR) is 67.9 cm³/mol. The third kappa shape index (κ3) is 5.89. The van der Waals surface area contributed by atoms with Gasteiger partial charge in [0.05, 0.1) is 0 Å². The summed E-state index contributed by atoms with van der Waals surface area (Å²) in [5.74, 6) is 2.00. The molecule has 0 aromatic rings. The summed E-state index contributed by atoms with van der Waals surface area (Å²) in [6.07, 6.45) is 4.62. The first-order chi connectivity index (χ1) is 6.65. The van der Waals surface area contributed by atoms with Gasteiger partial charge in [-0.3, -0.25) is 0 Å². The Labute approximate surface area is 93.6 Å². The number of hydrogen-bond acceptors (Lipinski definition) is 3. The van der Waals surface area contributed by atoms with Crippen molar-refractivity contribution >= 4 is 11.8 Å². The highest BCUT2D eigenvalue weighted by molar-refractivity contribution is 7.98. The van der Waals surface area contributed by atoms with E-state index in [4.69, 9.17) is 5.73 Å². The molecule has 0 saturated carbocycles. The van der Waals surface area contributed by atoms with E-state index in [2.05, 4.69) is 32.1 Å². The summed E-state index contributed by atoms with van der Waals surface area (Å²) < 4.78 is 0. The van der Waals surface area contributed by atoms with Crippen LogP contribution in [0.1, 0.15) is 26.7 Å². The van der Waals surface area contributed by atoms with Gasteiger partial charge in [0.15, 0.2) is 0 Å². The third-order valence-corrected chi connectivity index (χ3v) is 3.49. The lowest BCUT2D eigenvalue weighted by atomic mass is 10.1. The number of rotatable bonds is 8. The van der Waals surface area contributed by atoms with Crippen molar-refractivity contribution < 1.29 is 0 Å². The zero-order valence-electron chi connectivity index (χ0n) is 10.1. The Hall–Kier alpha value is 0.270. The molecule has 0 aromatic carbocycles. The summed E-state index contributed by atoms with van der Waals surface area (Å²) in [6.45, 7) is 6.51. The Morgan fingerprint density at radius 2 is 2.07 bits per heavy atom. The number of nitrogens with two attached hydrogens (primary N) is 1. The van der Waals surface area contributed by atoms with Crippen LogP contribution in [0.2, 0.25) is 0 Å². The van der Waals surface area contributed by atoms with E-state index in [9.17, 15) is 0 Å². The molecule has 0 aliphatic carbocycles. The summed E-state index contributed by atoms with van der Waals surface area (Å²) >= 11 is 1.91. The highest BCUT2D eigenvalue weighted by atomic mass is 32.2. The Morgan fingerprint density at radius 3 is 2.50 bits per heavy atom.